The summed E-state index contributed by atoms with van der Waals surface area (Å²) in [5, 5.41) is 3.75. The average molecular weight is 333 g/mol. The highest BCUT2D eigenvalue weighted by Gasteiger charge is 2.25. The maximum absolute atomic E-state index is 13.5. The van der Waals surface area contributed by atoms with E-state index in [0.29, 0.717) is 44.2 Å². The van der Waals surface area contributed by atoms with E-state index in [1.807, 2.05) is 0 Å². The van der Waals surface area contributed by atoms with E-state index >= 15 is 0 Å². The van der Waals surface area contributed by atoms with Gasteiger partial charge in [0.15, 0.2) is 0 Å². The normalized spacial score (nSPS) is 15.5. The van der Waals surface area contributed by atoms with Crippen molar-refractivity contribution in [2.75, 3.05) is 33.3 Å². The molecule has 1 aliphatic heterocycles. The molecule has 6 nitrogen and oxygen atoms in total. The molecule has 0 bridgehead atoms. The Bertz CT molecular complexity index is 724. The lowest BCUT2D eigenvalue weighted by molar-refractivity contribution is 0.0587. The third-order valence-electron chi connectivity index (χ3n) is 4.13. The molecule has 0 unspecified atom stereocenters. The number of hydrogen-bond acceptors (Lipinski definition) is 5. The molecule has 24 heavy (non-hydrogen) atoms. The highest BCUT2D eigenvalue weighted by Crippen LogP contribution is 2.22. The monoisotopic (exact) mass is 333 g/mol. The fraction of sp³-hybridized carbons (Fsp3) is 0.412. The first-order chi connectivity index (χ1) is 11.6. The van der Waals surface area contributed by atoms with Gasteiger partial charge in [-0.25, -0.2) is 4.39 Å². The summed E-state index contributed by atoms with van der Waals surface area (Å²) in [6.45, 7) is 4.97. The van der Waals surface area contributed by atoms with Crippen LogP contribution in [0.15, 0.2) is 28.8 Å². The number of hydrogen-bond donors (Lipinski definition) is 0. The minimum absolute atomic E-state index is 0.140. The minimum atomic E-state index is -0.277. The van der Waals surface area contributed by atoms with Crippen LogP contribution >= 0.6 is 0 Å². The second-order valence-electron chi connectivity index (χ2n) is 5.86. The third-order valence-corrected chi connectivity index (χ3v) is 4.13. The van der Waals surface area contributed by atoms with Crippen LogP contribution in [0, 0.1) is 12.7 Å². The fourth-order valence-corrected chi connectivity index (χ4v) is 2.84. The Kier molecular flexibility index (Phi) is 4.80. The summed E-state index contributed by atoms with van der Waals surface area (Å²) in [6, 6.07) is 6.16. The molecule has 2 heterocycles. The van der Waals surface area contributed by atoms with E-state index in [1.165, 1.54) is 12.1 Å². The molecular formula is C17H20FN3O3. The first-order valence-electron chi connectivity index (χ1n) is 7.84. The molecular weight excluding hydrogens is 313 g/mol. The van der Waals surface area contributed by atoms with Crippen molar-refractivity contribution in [1.29, 1.82) is 0 Å². The molecule has 1 aromatic heterocycles. The van der Waals surface area contributed by atoms with Crippen LogP contribution in [0.1, 0.15) is 21.8 Å². The van der Waals surface area contributed by atoms with Gasteiger partial charge in [-0.1, -0.05) is 5.16 Å². The minimum Gasteiger partial charge on any atom is -0.496 e. The van der Waals surface area contributed by atoms with E-state index in [9.17, 15) is 9.18 Å². The Balaban J connectivity index is 1.59. The van der Waals surface area contributed by atoms with E-state index in [0.717, 1.165) is 5.56 Å². The molecule has 2 aromatic rings. The van der Waals surface area contributed by atoms with Crippen molar-refractivity contribution < 1.29 is 18.4 Å². The quantitative estimate of drug-likeness (QED) is 0.857. The van der Waals surface area contributed by atoms with Crippen molar-refractivity contribution in [1.82, 2.24) is 15.0 Å². The van der Waals surface area contributed by atoms with Gasteiger partial charge in [-0.3, -0.25) is 9.69 Å². The van der Waals surface area contributed by atoms with Crippen LogP contribution in [-0.2, 0) is 6.54 Å². The number of carbonyl (C=O) groups is 1. The number of halogens is 1. The summed E-state index contributed by atoms with van der Waals surface area (Å²) in [7, 11) is 1.58. The molecule has 1 saturated heterocycles. The number of nitrogens with zero attached hydrogens (tertiary/aromatic N) is 3. The Labute approximate surface area is 139 Å². The number of rotatable bonds is 4. The first kappa shape index (κ1) is 16.4. The van der Waals surface area contributed by atoms with Crippen LogP contribution in [0.25, 0.3) is 0 Å². The van der Waals surface area contributed by atoms with Crippen molar-refractivity contribution in [2.45, 2.75) is 13.5 Å². The SMILES string of the molecule is COc1ccc(F)cc1CN1CCN(C(=O)c2cc(C)no2)CC1. The van der Waals surface area contributed by atoms with Crippen molar-refractivity contribution in [2.24, 2.45) is 0 Å². The lowest BCUT2D eigenvalue weighted by Gasteiger charge is -2.34. The fourth-order valence-electron chi connectivity index (χ4n) is 2.84. The summed E-state index contributed by atoms with van der Waals surface area (Å²) in [6.07, 6.45) is 0. The standard InChI is InChI=1S/C17H20FN3O3/c1-12-9-16(24-19-12)17(22)21-7-5-20(6-8-21)11-13-10-14(18)3-4-15(13)23-2/h3-4,9-10H,5-8,11H2,1-2H3. The van der Waals surface area contributed by atoms with Gasteiger partial charge in [0.25, 0.3) is 5.91 Å². The Hall–Kier alpha value is -2.41. The summed E-state index contributed by atoms with van der Waals surface area (Å²) >= 11 is 0. The molecule has 0 N–H and O–H groups in total. The zero-order valence-corrected chi connectivity index (χ0v) is 13.8. The second-order valence-corrected chi connectivity index (χ2v) is 5.86. The zero-order valence-electron chi connectivity index (χ0n) is 13.8. The predicted octanol–water partition coefficient (Wildman–Crippen LogP) is 2.09. The van der Waals surface area contributed by atoms with Crippen molar-refractivity contribution >= 4 is 5.91 Å². The van der Waals surface area contributed by atoms with Gasteiger partial charge in [0.1, 0.15) is 11.6 Å². The number of carbonyl (C=O) groups excluding carboxylic acids is 1. The van der Waals surface area contributed by atoms with Crippen molar-refractivity contribution in [3.63, 3.8) is 0 Å². The largest absolute Gasteiger partial charge is 0.496 e. The number of methoxy groups -OCH3 is 1. The average Bonchev–Trinajstić information content (AvgIpc) is 3.02. The molecule has 1 aliphatic rings. The second kappa shape index (κ2) is 7.00. The zero-order chi connectivity index (χ0) is 17.1. The molecule has 0 radical (unpaired) electrons. The summed E-state index contributed by atoms with van der Waals surface area (Å²) < 4.78 is 23.8. The first-order valence-corrected chi connectivity index (χ1v) is 7.84. The summed E-state index contributed by atoms with van der Waals surface area (Å²) in [5.74, 6) is 0.527. The molecule has 1 amide bonds. The van der Waals surface area contributed by atoms with E-state index in [-0.39, 0.29) is 17.5 Å². The van der Waals surface area contributed by atoms with Crippen LogP contribution in [0.3, 0.4) is 0 Å². The van der Waals surface area contributed by atoms with E-state index in [1.54, 1.807) is 31.1 Å². The number of piperazine rings is 1. The maximum atomic E-state index is 13.5. The Morgan fingerprint density at radius 3 is 2.67 bits per heavy atom. The van der Waals surface area contributed by atoms with E-state index in [2.05, 4.69) is 10.1 Å². The Morgan fingerprint density at radius 1 is 1.29 bits per heavy atom. The number of ether oxygens (including phenoxy) is 1. The molecule has 1 aromatic carbocycles. The van der Waals surface area contributed by atoms with Crippen LogP contribution in [0.2, 0.25) is 0 Å². The third kappa shape index (κ3) is 3.56. The van der Waals surface area contributed by atoms with Gasteiger partial charge in [0.05, 0.1) is 12.8 Å². The van der Waals surface area contributed by atoms with Gasteiger partial charge in [-0.15, -0.1) is 0 Å². The van der Waals surface area contributed by atoms with Crippen molar-refractivity contribution in [3.05, 3.63) is 47.1 Å². The van der Waals surface area contributed by atoms with Gasteiger partial charge in [0, 0.05) is 44.4 Å². The van der Waals surface area contributed by atoms with Crippen LogP contribution in [0.5, 0.6) is 5.75 Å². The van der Waals surface area contributed by atoms with E-state index in [4.69, 9.17) is 9.26 Å². The number of amides is 1. The van der Waals surface area contributed by atoms with Gasteiger partial charge >= 0.3 is 0 Å². The molecule has 1 fully saturated rings. The van der Waals surface area contributed by atoms with Crippen LogP contribution in [-0.4, -0.2) is 54.2 Å². The number of aryl methyl sites for hydroxylation is 1. The maximum Gasteiger partial charge on any atom is 0.292 e. The molecule has 0 spiro atoms. The topological polar surface area (TPSA) is 58.8 Å². The summed E-state index contributed by atoms with van der Waals surface area (Å²) in [4.78, 5) is 16.2. The van der Waals surface area contributed by atoms with Gasteiger partial charge in [-0.2, -0.15) is 0 Å². The van der Waals surface area contributed by atoms with Crippen molar-refractivity contribution in [3.8, 4) is 5.75 Å². The number of aromatic nitrogens is 1. The van der Waals surface area contributed by atoms with Gasteiger partial charge < -0.3 is 14.2 Å². The Morgan fingerprint density at radius 2 is 2.04 bits per heavy atom. The predicted molar refractivity (Wildman–Crippen MR) is 85.4 cm³/mol. The highest BCUT2D eigenvalue weighted by molar-refractivity contribution is 5.91. The van der Waals surface area contributed by atoms with E-state index < -0.39 is 0 Å². The number of benzene rings is 1. The van der Waals surface area contributed by atoms with Crippen LogP contribution < -0.4 is 4.74 Å². The molecule has 128 valence electrons. The van der Waals surface area contributed by atoms with Crippen LogP contribution in [0.4, 0.5) is 4.39 Å². The molecule has 0 aliphatic carbocycles. The van der Waals surface area contributed by atoms with Gasteiger partial charge in [-0.05, 0) is 25.1 Å². The smallest absolute Gasteiger partial charge is 0.292 e. The lowest BCUT2D eigenvalue weighted by atomic mass is 10.1. The highest BCUT2D eigenvalue weighted by atomic mass is 19.1. The van der Waals surface area contributed by atoms with Gasteiger partial charge in [0.2, 0.25) is 5.76 Å². The summed E-state index contributed by atoms with van der Waals surface area (Å²) in [5.41, 5.74) is 1.50. The molecule has 0 saturated carbocycles. The molecule has 7 heteroatoms. The lowest BCUT2D eigenvalue weighted by Crippen LogP contribution is -2.48. The molecule has 0 atom stereocenters. The molecule has 3 rings (SSSR count).